The van der Waals surface area contributed by atoms with Gasteiger partial charge in [0.1, 0.15) is 0 Å². The van der Waals surface area contributed by atoms with Crippen molar-refractivity contribution in [1.29, 1.82) is 0 Å². The Kier molecular flexibility index (Phi) is 6.08. The first kappa shape index (κ1) is 18.6. The van der Waals surface area contributed by atoms with E-state index < -0.39 is 0 Å². The molecule has 130 valence electrons. The lowest BCUT2D eigenvalue weighted by Gasteiger charge is -2.20. The van der Waals surface area contributed by atoms with E-state index >= 15 is 0 Å². The van der Waals surface area contributed by atoms with Crippen molar-refractivity contribution in [1.82, 2.24) is 14.8 Å². The summed E-state index contributed by atoms with van der Waals surface area (Å²) in [7, 11) is 0. The smallest absolute Gasteiger partial charge is 0.255 e. The Hall–Kier alpha value is -1.78. The van der Waals surface area contributed by atoms with E-state index in [2.05, 4.69) is 48.0 Å². The van der Waals surface area contributed by atoms with Gasteiger partial charge in [0.25, 0.3) is 5.91 Å². The predicted octanol–water partition coefficient (Wildman–Crippen LogP) is 3.26. The van der Waals surface area contributed by atoms with E-state index in [1.54, 1.807) is 0 Å². The van der Waals surface area contributed by atoms with Crippen LogP contribution in [0.2, 0.25) is 0 Å². The molecule has 0 saturated carbocycles. The molecule has 4 nitrogen and oxygen atoms in total. The number of rotatable bonds is 2. The van der Waals surface area contributed by atoms with Gasteiger partial charge < -0.3 is 14.8 Å². The van der Waals surface area contributed by atoms with Crippen LogP contribution < -0.4 is 5.32 Å². The summed E-state index contributed by atoms with van der Waals surface area (Å²) >= 11 is 0. The molecule has 0 unspecified atom stereocenters. The van der Waals surface area contributed by atoms with E-state index in [1.807, 2.05) is 17.9 Å². The molecule has 0 spiro atoms. The molecular formula is C19H26ClN3O. The number of halogens is 1. The van der Waals surface area contributed by atoms with Gasteiger partial charge in [-0.1, -0.05) is 12.1 Å². The molecule has 2 aromatic rings. The van der Waals surface area contributed by atoms with Crippen molar-refractivity contribution in [2.24, 2.45) is 0 Å². The van der Waals surface area contributed by atoms with E-state index in [1.165, 1.54) is 5.56 Å². The third-order valence-corrected chi connectivity index (χ3v) is 4.55. The van der Waals surface area contributed by atoms with Crippen LogP contribution in [0.25, 0.3) is 5.69 Å². The van der Waals surface area contributed by atoms with Crippen molar-refractivity contribution in [2.45, 2.75) is 27.2 Å². The molecule has 1 N–H and O–H groups in total. The van der Waals surface area contributed by atoms with E-state index in [0.29, 0.717) is 0 Å². The lowest BCUT2D eigenvalue weighted by molar-refractivity contribution is 0.0765. The molecule has 2 heterocycles. The monoisotopic (exact) mass is 347 g/mol. The van der Waals surface area contributed by atoms with Gasteiger partial charge in [0.05, 0.1) is 5.56 Å². The Morgan fingerprint density at radius 2 is 1.88 bits per heavy atom. The summed E-state index contributed by atoms with van der Waals surface area (Å²) in [5.41, 5.74) is 5.30. The van der Waals surface area contributed by atoms with E-state index in [9.17, 15) is 4.79 Å². The SMILES string of the molecule is Cc1cccc(-n2c(C)cc(C(=O)N3CCCNCC3)c2C)c1.Cl. The van der Waals surface area contributed by atoms with Crippen LogP contribution in [-0.2, 0) is 0 Å². The van der Waals surface area contributed by atoms with Crippen LogP contribution in [-0.4, -0.2) is 41.6 Å². The number of carbonyl (C=O) groups excluding carboxylic acids is 1. The fraction of sp³-hybridized carbons (Fsp3) is 0.421. The number of aromatic nitrogens is 1. The van der Waals surface area contributed by atoms with Crippen molar-refractivity contribution < 1.29 is 4.79 Å². The maximum Gasteiger partial charge on any atom is 0.255 e. The molecule has 1 fully saturated rings. The summed E-state index contributed by atoms with van der Waals surface area (Å²) < 4.78 is 2.18. The first-order chi connectivity index (χ1) is 11.1. The first-order valence-electron chi connectivity index (χ1n) is 8.34. The highest BCUT2D eigenvalue weighted by atomic mass is 35.5. The molecule has 5 heteroatoms. The van der Waals surface area contributed by atoms with Crippen molar-refractivity contribution in [2.75, 3.05) is 26.2 Å². The van der Waals surface area contributed by atoms with Crippen molar-refractivity contribution >= 4 is 18.3 Å². The number of benzene rings is 1. The topological polar surface area (TPSA) is 37.3 Å². The highest BCUT2D eigenvalue weighted by Gasteiger charge is 2.22. The van der Waals surface area contributed by atoms with Crippen LogP contribution >= 0.6 is 12.4 Å². The van der Waals surface area contributed by atoms with Gasteiger partial charge in [0.2, 0.25) is 0 Å². The lowest BCUT2D eigenvalue weighted by Crippen LogP contribution is -2.34. The Morgan fingerprint density at radius 1 is 1.08 bits per heavy atom. The minimum Gasteiger partial charge on any atom is -0.337 e. The van der Waals surface area contributed by atoms with Crippen LogP contribution in [0.3, 0.4) is 0 Å². The number of hydrogen-bond donors (Lipinski definition) is 1. The summed E-state index contributed by atoms with van der Waals surface area (Å²) in [6.45, 7) is 9.68. The maximum atomic E-state index is 12.9. The van der Waals surface area contributed by atoms with Crippen LogP contribution in [0.1, 0.15) is 33.7 Å². The molecule has 0 radical (unpaired) electrons. The standard InChI is InChI=1S/C19H25N3O.ClH/c1-14-6-4-7-17(12-14)22-15(2)13-18(16(22)3)19(23)21-10-5-8-20-9-11-21;/h4,6-7,12-13,20H,5,8-11H2,1-3H3;1H. The van der Waals surface area contributed by atoms with Gasteiger partial charge in [-0.15, -0.1) is 12.4 Å². The Bertz CT molecular complexity index is 715. The molecule has 24 heavy (non-hydrogen) atoms. The van der Waals surface area contributed by atoms with Gasteiger partial charge in [-0.05, 0) is 57.5 Å². The highest BCUT2D eigenvalue weighted by Crippen LogP contribution is 2.23. The molecular weight excluding hydrogens is 322 g/mol. The minimum atomic E-state index is 0. The van der Waals surface area contributed by atoms with E-state index in [-0.39, 0.29) is 18.3 Å². The molecule has 1 aromatic heterocycles. The van der Waals surface area contributed by atoms with Gasteiger partial charge in [0, 0.05) is 36.7 Å². The third-order valence-electron chi connectivity index (χ3n) is 4.55. The summed E-state index contributed by atoms with van der Waals surface area (Å²) in [6, 6.07) is 10.4. The van der Waals surface area contributed by atoms with E-state index in [0.717, 1.165) is 55.2 Å². The number of amides is 1. The van der Waals surface area contributed by atoms with Crippen molar-refractivity contribution in [3.8, 4) is 5.69 Å². The van der Waals surface area contributed by atoms with Gasteiger partial charge in [-0.25, -0.2) is 0 Å². The molecule has 0 aliphatic carbocycles. The van der Waals surface area contributed by atoms with Crippen LogP contribution in [0.15, 0.2) is 30.3 Å². The number of nitrogens with one attached hydrogen (secondary N) is 1. The molecule has 1 saturated heterocycles. The number of hydrogen-bond acceptors (Lipinski definition) is 2. The first-order valence-corrected chi connectivity index (χ1v) is 8.34. The summed E-state index contributed by atoms with van der Waals surface area (Å²) in [5, 5.41) is 3.35. The van der Waals surface area contributed by atoms with Gasteiger partial charge in [-0.2, -0.15) is 0 Å². The third kappa shape index (κ3) is 3.65. The zero-order valence-corrected chi connectivity index (χ0v) is 15.4. The maximum absolute atomic E-state index is 12.9. The molecule has 0 atom stereocenters. The molecule has 0 bridgehead atoms. The second-order valence-electron chi connectivity index (χ2n) is 6.35. The molecule has 1 aromatic carbocycles. The number of carbonyl (C=O) groups is 1. The van der Waals surface area contributed by atoms with Gasteiger partial charge >= 0.3 is 0 Å². The highest BCUT2D eigenvalue weighted by molar-refractivity contribution is 5.96. The predicted molar refractivity (Wildman–Crippen MR) is 101 cm³/mol. The number of nitrogens with zero attached hydrogens (tertiary/aromatic N) is 2. The summed E-state index contributed by atoms with van der Waals surface area (Å²) in [4.78, 5) is 14.9. The molecule has 1 aliphatic heterocycles. The second kappa shape index (κ2) is 7.86. The van der Waals surface area contributed by atoms with Crippen molar-refractivity contribution in [3.05, 3.63) is 52.8 Å². The van der Waals surface area contributed by atoms with Gasteiger partial charge in [-0.3, -0.25) is 4.79 Å². The van der Waals surface area contributed by atoms with E-state index in [4.69, 9.17) is 0 Å². The summed E-state index contributed by atoms with van der Waals surface area (Å²) in [5.74, 6) is 0.153. The number of aryl methyl sites for hydroxylation is 2. The fourth-order valence-corrected chi connectivity index (χ4v) is 3.36. The lowest BCUT2D eigenvalue weighted by atomic mass is 10.2. The van der Waals surface area contributed by atoms with Gasteiger partial charge in [0.15, 0.2) is 0 Å². The average Bonchev–Trinajstić information content (AvgIpc) is 2.72. The van der Waals surface area contributed by atoms with Crippen LogP contribution in [0, 0.1) is 20.8 Å². The normalized spacial score (nSPS) is 14.9. The average molecular weight is 348 g/mol. The Morgan fingerprint density at radius 3 is 2.62 bits per heavy atom. The zero-order valence-electron chi connectivity index (χ0n) is 14.6. The Balaban J connectivity index is 0.00000208. The molecule has 3 rings (SSSR count). The minimum absolute atomic E-state index is 0. The molecule has 1 aliphatic rings. The second-order valence-corrected chi connectivity index (χ2v) is 6.35. The van der Waals surface area contributed by atoms with Crippen LogP contribution in [0.5, 0.6) is 0 Å². The largest absolute Gasteiger partial charge is 0.337 e. The fourth-order valence-electron chi connectivity index (χ4n) is 3.36. The Labute approximate surface area is 150 Å². The summed E-state index contributed by atoms with van der Waals surface area (Å²) in [6.07, 6.45) is 1.02. The quantitative estimate of drug-likeness (QED) is 0.905. The zero-order chi connectivity index (χ0) is 16.4. The molecule has 1 amide bonds. The van der Waals surface area contributed by atoms with Crippen molar-refractivity contribution in [3.63, 3.8) is 0 Å². The van der Waals surface area contributed by atoms with Crippen LogP contribution in [0.4, 0.5) is 0 Å².